The number of carbonyl (C=O) groups is 1. The number of hydrogen-bond acceptors (Lipinski definition) is 6. The summed E-state index contributed by atoms with van der Waals surface area (Å²) in [6, 6.07) is 6.42. The molecule has 21 heavy (non-hydrogen) atoms. The predicted molar refractivity (Wildman–Crippen MR) is 76.3 cm³/mol. The molecule has 1 atom stereocenters. The Hall–Kier alpha value is -2.18. The Balaban J connectivity index is 2.67. The van der Waals surface area contributed by atoms with Gasteiger partial charge in [0.2, 0.25) is 5.88 Å². The average Bonchev–Trinajstić information content (AvgIpc) is 2.52. The van der Waals surface area contributed by atoms with Gasteiger partial charge in [-0.25, -0.2) is 9.78 Å². The fourth-order valence-corrected chi connectivity index (χ4v) is 2.09. The van der Waals surface area contributed by atoms with Crippen LogP contribution in [0.25, 0.3) is 10.9 Å². The van der Waals surface area contributed by atoms with E-state index < -0.39 is 18.7 Å². The third-order valence-electron chi connectivity index (χ3n) is 3.10. The summed E-state index contributed by atoms with van der Waals surface area (Å²) in [6.45, 7) is 1.56. The van der Waals surface area contributed by atoms with E-state index in [0.29, 0.717) is 27.9 Å². The number of methoxy groups -OCH3 is 1. The van der Waals surface area contributed by atoms with E-state index in [-0.39, 0.29) is 6.61 Å². The lowest BCUT2D eigenvalue weighted by atomic mass is 10.0. The summed E-state index contributed by atoms with van der Waals surface area (Å²) >= 11 is 0. The summed E-state index contributed by atoms with van der Waals surface area (Å²) in [6.07, 6.45) is -1.08. The van der Waals surface area contributed by atoms with Crippen molar-refractivity contribution in [3.8, 4) is 5.88 Å². The normalized spacial score (nSPS) is 12.2. The van der Waals surface area contributed by atoms with E-state index in [1.54, 1.807) is 31.2 Å². The molecule has 0 aliphatic rings. The molecule has 0 aliphatic carbocycles. The maximum absolute atomic E-state index is 12.0. The maximum Gasteiger partial charge on any atom is 0.338 e. The van der Waals surface area contributed by atoms with Crippen molar-refractivity contribution in [3.05, 3.63) is 35.4 Å². The van der Waals surface area contributed by atoms with Crippen LogP contribution in [-0.4, -0.2) is 41.5 Å². The molecule has 112 valence electrons. The largest absolute Gasteiger partial charge is 0.481 e. The minimum absolute atomic E-state index is 0.269. The van der Waals surface area contributed by atoms with Crippen molar-refractivity contribution in [3.63, 3.8) is 0 Å². The Morgan fingerprint density at radius 3 is 2.71 bits per heavy atom. The number of ether oxygens (including phenoxy) is 2. The summed E-state index contributed by atoms with van der Waals surface area (Å²) in [5.41, 5.74) is 1.19. The molecule has 0 fully saturated rings. The van der Waals surface area contributed by atoms with Gasteiger partial charge in [0.15, 0.2) is 0 Å². The van der Waals surface area contributed by atoms with Gasteiger partial charge in [-0.15, -0.1) is 0 Å². The van der Waals surface area contributed by atoms with Gasteiger partial charge in [-0.1, -0.05) is 6.07 Å². The molecule has 1 unspecified atom stereocenters. The van der Waals surface area contributed by atoms with Gasteiger partial charge in [-0.3, -0.25) is 0 Å². The summed E-state index contributed by atoms with van der Waals surface area (Å²) < 4.78 is 10.1. The second kappa shape index (κ2) is 6.51. The highest BCUT2D eigenvalue weighted by atomic mass is 16.5. The topological polar surface area (TPSA) is 88.9 Å². The number of aliphatic hydroxyl groups is 2. The van der Waals surface area contributed by atoms with Crippen molar-refractivity contribution in [2.75, 3.05) is 20.3 Å². The molecule has 0 saturated heterocycles. The first-order valence-electron chi connectivity index (χ1n) is 6.56. The molecule has 0 aliphatic heterocycles. The Morgan fingerprint density at radius 1 is 1.33 bits per heavy atom. The fourth-order valence-electron chi connectivity index (χ4n) is 2.09. The zero-order valence-electron chi connectivity index (χ0n) is 11.9. The number of rotatable bonds is 5. The molecule has 2 N–H and O–H groups in total. The zero-order chi connectivity index (χ0) is 15.4. The molecule has 1 heterocycles. The number of benzene rings is 1. The molecular weight excluding hydrogens is 274 g/mol. The summed E-state index contributed by atoms with van der Waals surface area (Å²) in [5, 5.41) is 19.6. The number of aliphatic hydroxyl groups excluding tert-OH is 2. The number of aromatic nitrogens is 1. The minimum Gasteiger partial charge on any atom is -0.481 e. The number of fused-ring (bicyclic) bond motifs is 1. The lowest BCUT2D eigenvalue weighted by Gasteiger charge is -2.14. The van der Waals surface area contributed by atoms with Gasteiger partial charge in [0, 0.05) is 17.0 Å². The van der Waals surface area contributed by atoms with Crippen LogP contribution in [0, 0.1) is 0 Å². The van der Waals surface area contributed by atoms with E-state index in [2.05, 4.69) is 4.98 Å². The molecule has 0 radical (unpaired) electrons. The van der Waals surface area contributed by atoms with Gasteiger partial charge < -0.3 is 19.7 Å². The summed E-state index contributed by atoms with van der Waals surface area (Å²) in [5.74, 6) is -0.102. The first-order valence-corrected chi connectivity index (χ1v) is 6.56. The first kappa shape index (κ1) is 15.2. The number of nitrogens with zero attached hydrogens (tertiary/aromatic N) is 1. The molecule has 1 aromatic carbocycles. The SMILES string of the molecule is CCOC(=O)c1ccc(C(O)CO)c2nc(OC)ccc12. The maximum atomic E-state index is 12.0. The van der Waals surface area contributed by atoms with Crippen molar-refractivity contribution < 1.29 is 24.5 Å². The molecule has 2 rings (SSSR count). The highest BCUT2D eigenvalue weighted by Gasteiger charge is 2.18. The lowest BCUT2D eigenvalue weighted by molar-refractivity contribution is 0.0528. The number of hydrogen-bond donors (Lipinski definition) is 2. The van der Waals surface area contributed by atoms with E-state index >= 15 is 0 Å². The van der Waals surface area contributed by atoms with Gasteiger partial charge in [0.25, 0.3) is 0 Å². The molecule has 6 nitrogen and oxygen atoms in total. The predicted octanol–water partition coefficient (Wildman–Crippen LogP) is 1.45. The van der Waals surface area contributed by atoms with E-state index in [1.807, 2.05) is 0 Å². The molecule has 0 spiro atoms. The number of esters is 1. The quantitative estimate of drug-likeness (QED) is 0.810. The van der Waals surface area contributed by atoms with Crippen LogP contribution in [-0.2, 0) is 4.74 Å². The Morgan fingerprint density at radius 2 is 2.10 bits per heavy atom. The zero-order valence-corrected chi connectivity index (χ0v) is 11.9. The van der Waals surface area contributed by atoms with E-state index in [0.717, 1.165) is 0 Å². The highest BCUT2D eigenvalue weighted by molar-refractivity contribution is 6.04. The van der Waals surface area contributed by atoms with Crippen molar-refractivity contribution in [2.45, 2.75) is 13.0 Å². The average molecular weight is 291 g/mol. The van der Waals surface area contributed by atoms with E-state index in [4.69, 9.17) is 14.6 Å². The van der Waals surface area contributed by atoms with Gasteiger partial charge in [-0.2, -0.15) is 0 Å². The van der Waals surface area contributed by atoms with Crippen LogP contribution in [0.15, 0.2) is 24.3 Å². The molecule has 6 heteroatoms. The molecule has 0 amide bonds. The van der Waals surface area contributed by atoms with Crippen molar-refractivity contribution in [1.29, 1.82) is 0 Å². The van der Waals surface area contributed by atoms with E-state index in [9.17, 15) is 9.90 Å². The smallest absolute Gasteiger partial charge is 0.338 e. The molecule has 2 aromatic rings. The van der Waals surface area contributed by atoms with Crippen LogP contribution in [0.3, 0.4) is 0 Å². The third kappa shape index (κ3) is 2.96. The van der Waals surface area contributed by atoms with Crippen LogP contribution in [0.4, 0.5) is 0 Å². The lowest BCUT2D eigenvalue weighted by Crippen LogP contribution is -2.09. The third-order valence-corrected chi connectivity index (χ3v) is 3.10. The fraction of sp³-hybridized carbons (Fsp3) is 0.333. The Kier molecular flexibility index (Phi) is 4.72. The molecule has 0 saturated carbocycles. The van der Waals surface area contributed by atoms with Crippen molar-refractivity contribution >= 4 is 16.9 Å². The van der Waals surface area contributed by atoms with Gasteiger partial charge >= 0.3 is 5.97 Å². The van der Waals surface area contributed by atoms with Crippen molar-refractivity contribution in [1.82, 2.24) is 4.98 Å². The Bertz CT molecular complexity index is 656. The molecule has 0 bridgehead atoms. The molecule has 1 aromatic heterocycles. The summed E-state index contributed by atoms with van der Waals surface area (Å²) in [4.78, 5) is 16.2. The molecular formula is C15H17NO5. The first-order chi connectivity index (χ1) is 10.1. The van der Waals surface area contributed by atoms with Crippen LogP contribution in [0.2, 0.25) is 0 Å². The van der Waals surface area contributed by atoms with Crippen LogP contribution in [0.1, 0.15) is 28.9 Å². The van der Waals surface area contributed by atoms with Gasteiger partial charge in [0.05, 0.1) is 31.4 Å². The second-order valence-electron chi connectivity index (χ2n) is 4.37. The highest BCUT2D eigenvalue weighted by Crippen LogP contribution is 2.28. The van der Waals surface area contributed by atoms with Crippen LogP contribution in [0.5, 0.6) is 5.88 Å². The van der Waals surface area contributed by atoms with Crippen molar-refractivity contribution in [2.24, 2.45) is 0 Å². The second-order valence-corrected chi connectivity index (χ2v) is 4.37. The summed E-state index contributed by atoms with van der Waals surface area (Å²) in [7, 11) is 1.48. The number of carbonyl (C=O) groups excluding carboxylic acids is 1. The number of pyridine rings is 1. The monoisotopic (exact) mass is 291 g/mol. The standard InChI is InChI=1S/C15H17NO5/c1-3-21-15(19)10-4-5-11(12(18)8-17)14-9(10)6-7-13(16-14)20-2/h4-7,12,17-18H,3,8H2,1-2H3. The Labute approximate surface area is 121 Å². The van der Waals surface area contributed by atoms with Crippen LogP contribution >= 0.6 is 0 Å². The minimum atomic E-state index is -1.08. The van der Waals surface area contributed by atoms with Crippen LogP contribution < -0.4 is 4.74 Å². The van der Waals surface area contributed by atoms with E-state index in [1.165, 1.54) is 7.11 Å². The van der Waals surface area contributed by atoms with Gasteiger partial charge in [0.1, 0.15) is 6.10 Å². The van der Waals surface area contributed by atoms with Gasteiger partial charge in [-0.05, 0) is 19.1 Å².